The van der Waals surface area contributed by atoms with Gasteiger partial charge in [0.15, 0.2) is 0 Å². The van der Waals surface area contributed by atoms with Crippen LogP contribution >= 0.6 is 11.6 Å². The Bertz CT molecular complexity index is 667. The lowest BCUT2D eigenvalue weighted by Gasteiger charge is -2.12. The van der Waals surface area contributed by atoms with Gasteiger partial charge in [-0.25, -0.2) is 0 Å². The van der Waals surface area contributed by atoms with E-state index in [1.807, 2.05) is 42.5 Å². The van der Waals surface area contributed by atoms with E-state index in [0.29, 0.717) is 6.42 Å². The minimum atomic E-state index is -0.112. The number of carbonyl (C=O) groups excluding carboxylic acids is 1. The van der Waals surface area contributed by atoms with Crippen molar-refractivity contribution in [3.8, 4) is 5.75 Å². The number of benzene rings is 2. The van der Waals surface area contributed by atoms with Gasteiger partial charge in [-0.2, -0.15) is 0 Å². The normalized spacial score (nSPS) is 14.5. The Morgan fingerprint density at radius 2 is 2.00 bits per heavy atom. The minimum absolute atomic E-state index is 0.0448. The first kappa shape index (κ1) is 14.0. The monoisotopic (exact) mass is 301 g/mol. The third kappa shape index (κ3) is 3.03. The van der Waals surface area contributed by atoms with Gasteiger partial charge in [-0.1, -0.05) is 24.3 Å². The fraction of sp³-hybridized carbons (Fsp3) is 0.235. The highest BCUT2D eigenvalue weighted by molar-refractivity contribution is 6.21. The molecule has 1 atom stereocenters. The predicted molar refractivity (Wildman–Crippen MR) is 84.1 cm³/mol. The lowest BCUT2D eigenvalue weighted by molar-refractivity contribution is -0.115. The van der Waals surface area contributed by atoms with Crippen molar-refractivity contribution in [1.82, 2.24) is 0 Å². The Labute approximate surface area is 128 Å². The first-order valence-electron chi connectivity index (χ1n) is 6.85. The molecule has 4 heteroatoms. The first-order chi connectivity index (χ1) is 10.2. The average molecular weight is 302 g/mol. The fourth-order valence-electron chi connectivity index (χ4n) is 2.53. The van der Waals surface area contributed by atoms with Crippen LogP contribution in [0.25, 0.3) is 0 Å². The van der Waals surface area contributed by atoms with Gasteiger partial charge < -0.3 is 10.1 Å². The van der Waals surface area contributed by atoms with Crippen LogP contribution in [0.1, 0.15) is 22.1 Å². The Morgan fingerprint density at radius 3 is 2.71 bits per heavy atom. The number of anilines is 1. The summed E-state index contributed by atoms with van der Waals surface area (Å²) in [7, 11) is 1.65. The zero-order valence-electron chi connectivity index (χ0n) is 11.7. The second-order valence-corrected chi connectivity index (χ2v) is 5.69. The van der Waals surface area contributed by atoms with Gasteiger partial charge in [-0.15, -0.1) is 11.6 Å². The molecule has 2 aromatic carbocycles. The van der Waals surface area contributed by atoms with Crippen LogP contribution in [0.5, 0.6) is 5.75 Å². The summed E-state index contributed by atoms with van der Waals surface area (Å²) in [6.07, 6.45) is 1.18. The molecule has 1 amide bonds. The van der Waals surface area contributed by atoms with Crippen molar-refractivity contribution < 1.29 is 9.53 Å². The maximum atomic E-state index is 11.4. The number of methoxy groups -OCH3 is 1. The molecule has 1 aliphatic heterocycles. The van der Waals surface area contributed by atoms with Crippen molar-refractivity contribution in [1.29, 1.82) is 0 Å². The molecule has 0 spiro atoms. The van der Waals surface area contributed by atoms with E-state index in [-0.39, 0.29) is 11.3 Å². The number of carbonyl (C=O) groups is 1. The standard InChI is InChI=1S/C17H16ClNO2/c1-21-14-5-2-11(3-6-14)8-15(18)12-4-7-16-13(9-12)10-17(20)19-16/h2-7,9,15H,8,10H2,1H3,(H,19,20). The Morgan fingerprint density at radius 1 is 1.24 bits per heavy atom. The highest BCUT2D eigenvalue weighted by Gasteiger charge is 2.19. The van der Waals surface area contributed by atoms with Crippen molar-refractivity contribution in [2.45, 2.75) is 18.2 Å². The Kier molecular flexibility index (Phi) is 3.84. The molecule has 0 saturated carbocycles. The van der Waals surface area contributed by atoms with Crippen LogP contribution in [0.3, 0.4) is 0 Å². The lowest BCUT2D eigenvalue weighted by atomic mass is 10.0. The second-order valence-electron chi connectivity index (χ2n) is 5.16. The highest BCUT2D eigenvalue weighted by atomic mass is 35.5. The number of alkyl halides is 1. The molecule has 1 N–H and O–H groups in total. The van der Waals surface area contributed by atoms with Gasteiger partial charge in [0.05, 0.1) is 18.9 Å². The third-order valence-electron chi connectivity index (χ3n) is 3.69. The van der Waals surface area contributed by atoms with Gasteiger partial charge in [0.2, 0.25) is 5.91 Å². The van der Waals surface area contributed by atoms with E-state index in [9.17, 15) is 4.79 Å². The second kappa shape index (κ2) is 5.78. The molecular weight excluding hydrogens is 286 g/mol. The molecule has 3 rings (SSSR count). The first-order valence-corrected chi connectivity index (χ1v) is 7.29. The number of hydrogen-bond acceptors (Lipinski definition) is 2. The largest absolute Gasteiger partial charge is 0.497 e. The molecule has 0 aliphatic carbocycles. The van der Waals surface area contributed by atoms with Crippen molar-refractivity contribution in [3.63, 3.8) is 0 Å². The summed E-state index contributed by atoms with van der Waals surface area (Å²) in [6, 6.07) is 13.8. The summed E-state index contributed by atoms with van der Waals surface area (Å²) in [5.74, 6) is 0.885. The molecule has 108 valence electrons. The lowest BCUT2D eigenvalue weighted by Crippen LogP contribution is -2.03. The van der Waals surface area contributed by atoms with E-state index >= 15 is 0 Å². The van der Waals surface area contributed by atoms with Crippen LogP contribution in [-0.4, -0.2) is 13.0 Å². The average Bonchev–Trinajstić information content (AvgIpc) is 2.87. The predicted octanol–water partition coefficient (Wildman–Crippen LogP) is 3.71. The van der Waals surface area contributed by atoms with Crippen LogP contribution in [-0.2, 0) is 17.6 Å². The highest BCUT2D eigenvalue weighted by Crippen LogP contribution is 2.31. The quantitative estimate of drug-likeness (QED) is 0.874. The van der Waals surface area contributed by atoms with Crippen molar-refractivity contribution in [3.05, 3.63) is 59.2 Å². The number of hydrogen-bond donors (Lipinski definition) is 1. The Balaban J connectivity index is 1.74. The maximum absolute atomic E-state index is 11.4. The SMILES string of the molecule is COc1ccc(CC(Cl)c2ccc3c(c2)CC(=O)N3)cc1. The number of nitrogens with one attached hydrogen (secondary N) is 1. The summed E-state index contributed by atoms with van der Waals surface area (Å²) in [5.41, 5.74) is 4.13. The van der Waals surface area contributed by atoms with Crippen LogP contribution in [0.4, 0.5) is 5.69 Å². The number of halogens is 1. The fourth-order valence-corrected chi connectivity index (χ4v) is 2.84. The van der Waals surface area contributed by atoms with Gasteiger partial charge in [0.25, 0.3) is 0 Å². The summed E-state index contributed by atoms with van der Waals surface area (Å²) in [6.45, 7) is 0. The van der Waals surface area contributed by atoms with E-state index in [1.54, 1.807) is 7.11 Å². The molecule has 0 saturated heterocycles. The Hall–Kier alpha value is -2.00. The molecule has 3 nitrogen and oxygen atoms in total. The zero-order valence-corrected chi connectivity index (χ0v) is 12.5. The molecular formula is C17H16ClNO2. The van der Waals surface area contributed by atoms with Gasteiger partial charge in [0, 0.05) is 5.69 Å². The number of fused-ring (bicyclic) bond motifs is 1. The van der Waals surface area contributed by atoms with E-state index < -0.39 is 0 Å². The summed E-state index contributed by atoms with van der Waals surface area (Å²) < 4.78 is 5.15. The van der Waals surface area contributed by atoms with E-state index in [4.69, 9.17) is 16.3 Å². The van der Waals surface area contributed by atoms with Gasteiger partial charge in [-0.05, 0) is 41.3 Å². The molecule has 0 bridgehead atoms. The number of rotatable bonds is 4. The molecule has 1 heterocycles. The molecule has 0 fully saturated rings. The van der Waals surface area contributed by atoms with Crippen LogP contribution in [0.15, 0.2) is 42.5 Å². The van der Waals surface area contributed by atoms with E-state index in [2.05, 4.69) is 5.32 Å². The minimum Gasteiger partial charge on any atom is -0.497 e. The number of ether oxygens (including phenoxy) is 1. The van der Waals surface area contributed by atoms with Crippen LogP contribution < -0.4 is 10.1 Å². The van der Waals surface area contributed by atoms with Crippen LogP contribution in [0.2, 0.25) is 0 Å². The molecule has 1 aliphatic rings. The molecule has 2 aromatic rings. The molecule has 0 radical (unpaired) electrons. The summed E-state index contributed by atoms with van der Waals surface area (Å²) >= 11 is 6.52. The zero-order chi connectivity index (χ0) is 14.8. The molecule has 0 aromatic heterocycles. The maximum Gasteiger partial charge on any atom is 0.228 e. The third-order valence-corrected chi connectivity index (χ3v) is 4.10. The molecule has 21 heavy (non-hydrogen) atoms. The van der Waals surface area contributed by atoms with E-state index in [0.717, 1.165) is 34.5 Å². The topological polar surface area (TPSA) is 38.3 Å². The van der Waals surface area contributed by atoms with Gasteiger partial charge >= 0.3 is 0 Å². The summed E-state index contributed by atoms with van der Waals surface area (Å²) in [5, 5.41) is 2.72. The van der Waals surface area contributed by atoms with Crippen molar-refractivity contribution in [2.75, 3.05) is 12.4 Å². The molecule has 1 unspecified atom stereocenters. The van der Waals surface area contributed by atoms with Crippen molar-refractivity contribution >= 4 is 23.2 Å². The van der Waals surface area contributed by atoms with Gasteiger partial charge in [0.1, 0.15) is 5.75 Å². The van der Waals surface area contributed by atoms with E-state index in [1.165, 1.54) is 0 Å². The van der Waals surface area contributed by atoms with Crippen molar-refractivity contribution in [2.24, 2.45) is 0 Å². The number of amides is 1. The smallest absolute Gasteiger partial charge is 0.228 e. The van der Waals surface area contributed by atoms with Gasteiger partial charge in [-0.3, -0.25) is 4.79 Å². The van der Waals surface area contributed by atoms with Crippen LogP contribution in [0, 0.1) is 0 Å². The summed E-state index contributed by atoms with van der Waals surface area (Å²) in [4.78, 5) is 11.4.